The lowest BCUT2D eigenvalue weighted by molar-refractivity contribution is -0.137. The zero-order chi connectivity index (χ0) is 17.2. The number of aromatic nitrogens is 2. The van der Waals surface area contributed by atoms with Gasteiger partial charge in [0, 0.05) is 29.0 Å². The van der Waals surface area contributed by atoms with Gasteiger partial charge in [0.25, 0.3) is 0 Å². The van der Waals surface area contributed by atoms with Crippen LogP contribution in [0, 0.1) is 6.57 Å². The lowest BCUT2D eigenvalue weighted by Gasteiger charge is -2.08. The van der Waals surface area contributed by atoms with Crippen LogP contribution in [0.25, 0.3) is 16.1 Å². The van der Waals surface area contributed by atoms with Crippen LogP contribution in [-0.4, -0.2) is 9.97 Å². The van der Waals surface area contributed by atoms with E-state index in [0.29, 0.717) is 27.8 Å². The monoisotopic (exact) mass is 346 g/mol. The summed E-state index contributed by atoms with van der Waals surface area (Å²) >= 11 is 1.26. The van der Waals surface area contributed by atoms with Crippen LogP contribution in [0.4, 0.5) is 29.7 Å². The average molecular weight is 346 g/mol. The molecule has 0 aliphatic carbocycles. The van der Waals surface area contributed by atoms with Crippen LogP contribution in [-0.2, 0) is 6.18 Å². The molecular formula is C16H9F3N4S. The number of halogens is 3. The van der Waals surface area contributed by atoms with Crippen LogP contribution in [0.3, 0.4) is 0 Å². The van der Waals surface area contributed by atoms with Crippen LogP contribution in [0.15, 0.2) is 48.1 Å². The van der Waals surface area contributed by atoms with Crippen molar-refractivity contribution >= 4 is 27.8 Å². The second kappa shape index (κ2) is 6.29. The number of pyridine rings is 1. The van der Waals surface area contributed by atoms with Crippen molar-refractivity contribution in [2.24, 2.45) is 0 Å². The fourth-order valence-electron chi connectivity index (χ4n) is 1.99. The van der Waals surface area contributed by atoms with Gasteiger partial charge in [0.15, 0.2) is 5.13 Å². The number of hydrogen-bond donors (Lipinski definition) is 1. The molecule has 2 heterocycles. The Morgan fingerprint density at radius 2 is 2.00 bits per heavy atom. The largest absolute Gasteiger partial charge is 0.416 e. The summed E-state index contributed by atoms with van der Waals surface area (Å²) in [5.74, 6) is 0. The fraction of sp³-hybridized carbons (Fsp3) is 0.0625. The molecule has 0 saturated heterocycles. The van der Waals surface area contributed by atoms with E-state index in [1.807, 2.05) is 0 Å². The lowest BCUT2D eigenvalue weighted by atomic mass is 10.2. The van der Waals surface area contributed by atoms with E-state index in [-0.39, 0.29) is 0 Å². The molecular weight excluding hydrogens is 337 g/mol. The predicted molar refractivity (Wildman–Crippen MR) is 86.3 cm³/mol. The Morgan fingerprint density at radius 3 is 2.75 bits per heavy atom. The van der Waals surface area contributed by atoms with Gasteiger partial charge in [-0.2, -0.15) is 13.2 Å². The molecule has 0 atom stereocenters. The predicted octanol–water partition coefficient (Wildman–Crippen LogP) is 5.52. The van der Waals surface area contributed by atoms with Gasteiger partial charge >= 0.3 is 6.18 Å². The Hall–Kier alpha value is -2.92. The van der Waals surface area contributed by atoms with Gasteiger partial charge in [-0.15, -0.1) is 11.3 Å². The van der Waals surface area contributed by atoms with Crippen molar-refractivity contribution in [3.05, 3.63) is 65.1 Å². The number of benzene rings is 1. The number of rotatable bonds is 3. The van der Waals surface area contributed by atoms with E-state index in [4.69, 9.17) is 6.57 Å². The van der Waals surface area contributed by atoms with Crippen molar-refractivity contribution in [2.45, 2.75) is 6.18 Å². The molecule has 4 nitrogen and oxygen atoms in total. The van der Waals surface area contributed by atoms with Gasteiger partial charge in [-0.05, 0) is 24.3 Å². The molecule has 3 rings (SSSR count). The highest BCUT2D eigenvalue weighted by Crippen LogP contribution is 2.33. The molecule has 1 aromatic carbocycles. The van der Waals surface area contributed by atoms with E-state index in [1.54, 1.807) is 17.6 Å². The summed E-state index contributed by atoms with van der Waals surface area (Å²) in [5.41, 5.74) is 1.26. The minimum Gasteiger partial charge on any atom is -0.332 e. The number of nitrogens with zero attached hydrogens (tertiary/aromatic N) is 3. The minimum atomic E-state index is -4.39. The Bertz CT molecular complexity index is 912. The number of thiazole rings is 1. The Balaban J connectivity index is 1.83. The van der Waals surface area contributed by atoms with E-state index in [2.05, 4.69) is 20.1 Å². The van der Waals surface area contributed by atoms with Gasteiger partial charge in [-0.1, -0.05) is 6.07 Å². The maximum absolute atomic E-state index is 12.7. The summed E-state index contributed by atoms with van der Waals surface area (Å²) in [4.78, 5) is 11.6. The smallest absolute Gasteiger partial charge is 0.332 e. The third kappa shape index (κ3) is 3.52. The molecule has 0 unspecified atom stereocenters. The van der Waals surface area contributed by atoms with Gasteiger partial charge in [-0.25, -0.2) is 9.83 Å². The molecule has 0 radical (unpaired) electrons. The van der Waals surface area contributed by atoms with Crippen LogP contribution < -0.4 is 5.32 Å². The third-order valence-electron chi connectivity index (χ3n) is 3.09. The maximum atomic E-state index is 12.7. The first-order valence-electron chi connectivity index (χ1n) is 6.68. The second-order valence-corrected chi connectivity index (χ2v) is 5.64. The maximum Gasteiger partial charge on any atom is 0.416 e. The SMILES string of the molecule is [C-]#[N+]c1cncc(-c2csc(Nc3cccc(C(F)(F)F)c3)n2)c1. The van der Waals surface area contributed by atoms with E-state index in [9.17, 15) is 13.2 Å². The molecule has 0 spiro atoms. The first-order valence-corrected chi connectivity index (χ1v) is 7.56. The van der Waals surface area contributed by atoms with Crippen molar-refractivity contribution in [2.75, 3.05) is 5.32 Å². The van der Waals surface area contributed by atoms with Crippen LogP contribution in [0.1, 0.15) is 5.56 Å². The van der Waals surface area contributed by atoms with E-state index in [0.717, 1.165) is 12.1 Å². The quantitative estimate of drug-likeness (QED) is 0.635. The van der Waals surface area contributed by atoms with Gasteiger partial charge < -0.3 is 5.32 Å². The summed E-state index contributed by atoms with van der Waals surface area (Å²) in [7, 11) is 0. The van der Waals surface area contributed by atoms with Crippen LogP contribution in [0.2, 0.25) is 0 Å². The van der Waals surface area contributed by atoms with E-state index in [1.165, 1.54) is 29.7 Å². The van der Waals surface area contributed by atoms with Gasteiger partial charge in [-0.3, -0.25) is 4.98 Å². The van der Waals surface area contributed by atoms with E-state index < -0.39 is 11.7 Å². The van der Waals surface area contributed by atoms with Gasteiger partial charge in [0.1, 0.15) is 0 Å². The number of nitrogens with one attached hydrogen (secondary N) is 1. The standard InChI is InChI=1S/C16H9F3N4S/c1-20-13-5-10(7-21-8-13)14-9-24-15(23-14)22-12-4-2-3-11(6-12)16(17,18)19/h2-9H,(H,22,23). The average Bonchev–Trinajstić information content (AvgIpc) is 3.03. The Kier molecular flexibility index (Phi) is 4.18. The molecule has 0 aliphatic rings. The topological polar surface area (TPSA) is 42.2 Å². The van der Waals surface area contributed by atoms with Crippen molar-refractivity contribution in [3.63, 3.8) is 0 Å². The normalized spacial score (nSPS) is 11.1. The Morgan fingerprint density at radius 1 is 1.17 bits per heavy atom. The molecule has 0 aliphatic heterocycles. The van der Waals surface area contributed by atoms with Gasteiger partial charge in [0.2, 0.25) is 5.69 Å². The third-order valence-corrected chi connectivity index (χ3v) is 3.85. The molecule has 0 bridgehead atoms. The number of hydrogen-bond acceptors (Lipinski definition) is 4. The summed E-state index contributed by atoms with van der Waals surface area (Å²) in [6.45, 7) is 6.99. The van der Waals surface area contributed by atoms with Crippen molar-refractivity contribution < 1.29 is 13.2 Å². The molecule has 24 heavy (non-hydrogen) atoms. The molecule has 3 aromatic rings. The number of alkyl halides is 3. The van der Waals surface area contributed by atoms with E-state index >= 15 is 0 Å². The Labute approximate surface area is 139 Å². The van der Waals surface area contributed by atoms with Crippen LogP contribution in [0.5, 0.6) is 0 Å². The second-order valence-electron chi connectivity index (χ2n) is 4.79. The van der Waals surface area contributed by atoms with Gasteiger partial charge in [0.05, 0.1) is 17.8 Å². The van der Waals surface area contributed by atoms with Crippen molar-refractivity contribution in [1.82, 2.24) is 9.97 Å². The molecule has 120 valence electrons. The molecule has 1 N–H and O–H groups in total. The molecule has 0 saturated carbocycles. The zero-order valence-corrected chi connectivity index (χ0v) is 12.8. The van der Waals surface area contributed by atoms with Crippen molar-refractivity contribution in [3.8, 4) is 11.3 Å². The first-order chi connectivity index (χ1) is 11.5. The summed E-state index contributed by atoms with van der Waals surface area (Å²) < 4.78 is 38.2. The molecule has 0 fully saturated rings. The fourth-order valence-corrected chi connectivity index (χ4v) is 2.73. The summed E-state index contributed by atoms with van der Waals surface area (Å²) in [6, 6.07) is 6.57. The highest BCUT2D eigenvalue weighted by Gasteiger charge is 2.30. The summed E-state index contributed by atoms with van der Waals surface area (Å²) in [6.07, 6.45) is -1.36. The minimum absolute atomic E-state index is 0.304. The first kappa shape index (κ1) is 16.0. The lowest BCUT2D eigenvalue weighted by Crippen LogP contribution is -2.05. The highest BCUT2D eigenvalue weighted by molar-refractivity contribution is 7.14. The molecule has 0 amide bonds. The molecule has 2 aromatic heterocycles. The zero-order valence-electron chi connectivity index (χ0n) is 12.0. The molecule has 8 heteroatoms. The number of anilines is 2. The highest BCUT2D eigenvalue weighted by atomic mass is 32.1. The summed E-state index contributed by atoms with van der Waals surface area (Å²) in [5, 5.41) is 5.07. The van der Waals surface area contributed by atoms with Crippen molar-refractivity contribution in [1.29, 1.82) is 0 Å². The van der Waals surface area contributed by atoms with Crippen LogP contribution >= 0.6 is 11.3 Å².